The van der Waals surface area contributed by atoms with E-state index >= 15 is 0 Å². The molecule has 5 nitrogen and oxygen atoms in total. The highest BCUT2D eigenvalue weighted by Crippen LogP contribution is 2.20. The summed E-state index contributed by atoms with van der Waals surface area (Å²) in [5, 5.41) is 5.23. The number of hydrogen-bond donors (Lipinski definition) is 2. The van der Waals surface area contributed by atoms with Gasteiger partial charge in [0.15, 0.2) is 0 Å². The first kappa shape index (κ1) is 11.4. The fourth-order valence-corrected chi connectivity index (χ4v) is 1.92. The number of rotatable bonds is 2. The topological polar surface area (TPSA) is 61.4 Å². The summed E-state index contributed by atoms with van der Waals surface area (Å²) in [4.78, 5) is 24.7. The van der Waals surface area contributed by atoms with E-state index < -0.39 is 0 Å². The van der Waals surface area contributed by atoms with Crippen molar-refractivity contribution in [1.82, 2.24) is 10.6 Å². The minimum absolute atomic E-state index is 0.0394. The van der Waals surface area contributed by atoms with E-state index in [4.69, 9.17) is 0 Å². The van der Waals surface area contributed by atoms with Crippen molar-refractivity contribution in [3.63, 3.8) is 0 Å². The van der Waals surface area contributed by atoms with Gasteiger partial charge in [-0.15, -0.1) is 0 Å². The third kappa shape index (κ3) is 2.55. The predicted octanol–water partition coefficient (Wildman–Crippen LogP) is 0.721. The molecule has 0 aliphatic carbocycles. The maximum atomic E-state index is 11.8. The summed E-state index contributed by atoms with van der Waals surface area (Å²) < 4.78 is 0. The maximum Gasteiger partial charge on any atom is 0.314 e. The number of hydrogen-bond acceptors (Lipinski definition) is 2. The van der Waals surface area contributed by atoms with Crippen molar-refractivity contribution in [2.24, 2.45) is 0 Å². The number of nitrogens with zero attached hydrogens (tertiary/aromatic N) is 1. The molecule has 1 saturated heterocycles. The Bertz CT molecular complexity index is 419. The number of nitrogens with one attached hydrogen (secondary N) is 2. The molecule has 1 heterocycles. The smallest absolute Gasteiger partial charge is 0.314 e. The van der Waals surface area contributed by atoms with Crippen LogP contribution in [0.4, 0.5) is 10.5 Å². The zero-order valence-electron chi connectivity index (χ0n) is 9.64. The molecule has 0 spiro atoms. The lowest BCUT2D eigenvalue weighted by Crippen LogP contribution is -2.41. The highest BCUT2D eigenvalue weighted by atomic mass is 16.2. The monoisotopic (exact) mass is 233 g/mol. The van der Waals surface area contributed by atoms with Gasteiger partial charge in [0, 0.05) is 25.7 Å². The summed E-state index contributed by atoms with van der Waals surface area (Å²) in [7, 11) is 1.56. The van der Waals surface area contributed by atoms with Gasteiger partial charge in [0.25, 0.3) is 0 Å². The zero-order chi connectivity index (χ0) is 12.3. The first-order chi connectivity index (χ1) is 8.20. The Morgan fingerprint density at radius 3 is 2.71 bits per heavy atom. The van der Waals surface area contributed by atoms with E-state index in [-0.39, 0.29) is 18.0 Å². The molecule has 2 rings (SSSR count). The third-order valence-electron chi connectivity index (χ3n) is 2.76. The number of anilines is 1. The molecule has 1 atom stereocenters. The van der Waals surface area contributed by atoms with Crippen molar-refractivity contribution in [1.29, 1.82) is 0 Å². The Labute approximate surface area is 99.8 Å². The van der Waals surface area contributed by atoms with E-state index in [0.717, 1.165) is 5.69 Å². The van der Waals surface area contributed by atoms with Crippen molar-refractivity contribution in [2.45, 2.75) is 12.5 Å². The minimum Gasteiger partial charge on any atom is -0.341 e. The van der Waals surface area contributed by atoms with Gasteiger partial charge in [-0.2, -0.15) is 0 Å². The molecule has 5 heteroatoms. The van der Waals surface area contributed by atoms with Gasteiger partial charge in [-0.3, -0.25) is 4.79 Å². The molecule has 1 aliphatic rings. The Kier molecular flexibility index (Phi) is 3.27. The van der Waals surface area contributed by atoms with Gasteiger partial charge in [0.05, 0.1) is 6.04 Å². The molecule has 0 saturated carbocycles. The first-order valence-corrected chi connectivity index (χ1v) is 5.54. The minimum atomic E-state index is -0.252. The number of carbonyl (C=O) groups excluding carboxylic acids is 2. The lowest BCUT2D eigenvalue weighted by molar-refractivity contribution is -0.117. The Morgan fingerprint density at radius 2 is 2.06 bits per heavy atom. The van der Waals surface area contributed by atoms with Crippen LogP contribution in [0.5, 0.6) is 0 Å². The molecule has 3 amide bonds. The van der Waals surface area contributed by atoms with Crippen LogP contribution in [0.25, 0.3) is 0 Å². The number of amides is 3. The van der Waals surface area contributed by atoms with Crippen LogP contribution in [-0.4, -0.2) is 31.6 Å². The standard InChI is InChI=1S/C12H15N3O2/c1-13-12(17)14-9-7-11(16)15(8-9)10-5-3-2-4-6-10/h2-6,9H,7-8H2,1H3,(H2,13,14,17)/t9-/m1/s1. The van der Waals surface area contributed by atoms with Crippen LogP contribution >= 0.6 is 0 Å². The van der Waals surface area contributed by atoms with Gasteiger partial charge in [-0.05, 0) is 12.1 Å². The summed E-state index contributed by atoms with van der Waals surface area (Å²) in [6.45, 7) is 0.524. The molecule has 17 heavy (non-hydrogen) atoms. The number of carbonyl (C=O) groups is 2. The lowest BCUT2D eigenvalue weighted by atomic mass is 10.2. The van der Waals surface area contributed by atoms with E-state index in [1.807, 2.05) is 30.3 Å². The summed E-state index contributed by atoms with van der Waals surface area (Å²) >= 11 is 0. The molecule has 0 unspecified atom stereocenters. The Hall–Kier alpha value is -2.04. The third-order valence-corrected chi connectivity index (χ3v) is 2.76. The van der Waals surface area contributed by atoms with E-state index in [0.29, 0.717) is 13.0 Å². The first-order valence-electron chi connectivity index (χ1n) is 5.54. The van der Waals surface area contributed by atoms with Gasteiger partial charge in [0.2, 0.25) is 5.91 Å². The summed E-state index contributed by atoms with van der Waals surface area (Å²) in [5.41, 5.74) is 0.874. The molecular formula is C12H15N3O2. The highest BCUT2D eigenvalue weighted by Gasteiger charge is 2.31. The molecule has 0 aromatic heterocycles. The molecule has 1 aliphatic heterocycles. The van der Waals surface area contributed by atoms with E-state index in [2.05, 4.69) is 10.6 Å². The number of benzene rings is 1. The fourth-order valence-electron chi connectivity index (χ4n) is 1.92. The van der Waals surface area contributed by atoms with E-state index in [9.17, 15) is 9.59 Å². The largest absolute Gasteiger partial charge is 0.341 e. The van der Waals surface area contributed by atoms with Crippen LogP contribution in [0.15, 0.2) is 30.3 Å². The molecular weight excluding hydrogens is 218 g/mol. The maximum absolute atomic E-state index is 11.8. The lowest BCUT2D eigenvalue weighted by Gasteiger charge is -2.16. The molecule has 1 fully saturated rings. The van der Waals surface area contributed by atoms with Gasteiger partial charge in [-0.25, -0.2) is 4.79 Å². The van der Waals surface area contributed by atoms with Crippen LogP contribution in [0.3, 0.4) is 0 Å². The van der Waals surface area contributed by atoms with Gasteiger partial charge in [-0.1, -0.05) is 18.2 Å². The van der Waals surface area contributed by atoms with Crippen LogP contribution < -0.4 is 15.5 Å². The van der Waals surface area contributed by atoms with Crippen molar-refractivity contribution >= 4 is 17.6 Å². The fraction of sp³-hybridized carbons (Fsp3) is 0.333. The zero-order valence-corrected chi connectivity index (χ0v) is 9.64. The normalized spacial score (nSPS) is 19.2. The van der Waals surface area contributed by atoms with Crippen molar-refractivity contribution in [3.05, 3.63) is 30.3 Å². The van der Waals surface area contributed by atoms with Gasteiger partial charge in [0.1, 0.15) is 0 Å². The van der Waals surface area contributed by atoms with E-state index in [1.165, 1.54) is 0 Å². The van der Waals surface area contributed by atoms with Crippen LogP contribution in [0.1, 0.15) is 6.42 Å². The molecule has 0 radical (unpaired) electrons. The van der Waals surface area contributed by atoms with E-state index in [1.54, 1.807) is 11.9 Å². The van der Waals surface area contributed by atoms with Crippen molar-refractivity contribution < 1.29 is 9.59 Å². The van der Waals surface area contributed by atoms with Crippen LogP contribution in [-0.2, 0) is 4.79 Å². The van der Waals surface area contributed by atoms with Crippen LogP contribution in [0.2, 0.25) is 0 Å². The molecule has 1 aromatic rings. The number of urea groups is 1. The van der Waals surface area contributed by atoms with Gasteiger partial charge < -0.3 is 15.5 Å². The molecule has 2 N–H and O–H groups in total. The quantitative estimate of drug-likeness (QED) is 0.790. The average Bonchev–Trinajstić information content (AvgIpc) is 2.71. The van der Waals surface area contributed by atoms with Crippen LogP contribution in [0, 0.1) is 0 Å². The summed E-state index contributed by atoms with van der Waals surface area (Å²) in [6.07, 6.45) is 0.350. The Morgan fingerprint density at radius 1 is 1.35 bits per heavy atom. The van der Waals surface area contributed by atoms with Crippen molar-refractivity contribution in [3.8, 4) is 0 Å². The molecule has 90 valence electrons. The SMILES string of the molecule is CNC(=O)N[C@@H]1CC(=O)N(c2ccccc2)C1. The van der Waals surface area contributed by atoms with Crippen molar-refractivity contribution in [2.75, 3.05) is 18.5 Å². The average molecular weight is 233 g/mol. The summed E-state index contributed by atoms with van der Waals surface area (Å²) in [6, 6.07) is 9.09. The molecule has 0 bridgehead atoms. The summed E-state index contributed by atoms with van der Waals surface area (Å²) in [5.74, 6) is 0.0394. The van der Waals surface area contributed by atoms with Gasteiger partial charge >= 0.3 is 6.03 Å². The second-order valence-corrected chi connectivity index (χ2v) is 3.96. The highest BCUT2D eigenvalue weighted by molar-refractivity contribution is 5.96. The second-order valence-electron chi connectivity index (χ2n) is 3.96. The molecule has 1 aromatic carbocycles. The number of para-hydroxylation sites is 1. The Balaban J connectivity index is 2.03. The predicted molar refractivity (Wildman–Crippen MR) is 64.8 cm³/mol. The second kappa shape index (κ2) is 4.86.